The molecule has 4 N–H and O–H groups in total. The van der Waals surface area contributed by atoms with Crippen molar-refractivity contribution < 1.29 is 25.2 Å². The van der Waals surface area contributed by atoms with Crippen molar-refractivity contribution in [2.24, 2.45) is 34.0 Å². The van der Waals surface area contributed by atoms with Crippen molar-refractivity contribution in [2.45, 2.75) is 64.3 Å². The van der Waals surface area contributed by atoms with Crippen molar-refractivity contribution in [2.75, 3.05) is 6.61 Å². The molecule has 0 heterocycles. The van der Waals surface area contributed by atoms with Crippen LogP contribution in [-0.2, 0) is 4.79 Å². The topological polar surface area (TPSA) is 98.0 Å². The Kier molecular flexibility index (Phi) is 3.64. The maximum atomic E-state index is 13.2. The van der Waals surface area contributed by atoms with E-state index in [9.17, 15) is 25.2 Å². The SMILES string of the molecule is C=C1C(=O)C23C(CCC1[C@H]2O)[C@@]1(CO)C(C[C@H]3O)C(C)(C)CC[C@@H]1O. The Hall–Kier alpha value is -0.750. The highest BCUT2D eigenvalue weighted by Gasteiger charge is 2.76. The summed E-state index contributed by atoms with van der Waals surface area (Å²) in [6, 6.07) is 0. The molecule has 0 aliphatic heterocycles. The van der Waals surface area contributed by atoms with E-state index in [1.165, 1.54) is 0 Å². The summed E-state index contributed by atoms with van der Waals surface area (Å²) in [5, 5.41) is 43.7. The number of aliphatic hydroxyl groups is 4. The molecule has 8 atom stereocenters. The van der Waals surface area contributed by atoms with Gasteiger partial charge in [0.1, 0.15) is 0 Å². The van der Waals surface area contributed by atoms with E-state index in [2.05, 4.69) is 20.4 Å². The Labute approximate surface area is 148 Å². The van der Waals surface area contributed by atoms with Gasteiger partial charge in [0, 0.05) is 11.3 Å². The number of hydrogen-bond donors (Lipinski definition) is 4. The normalized spacial score (nSPS) is 54.2. The average molecular weight is 350 g/mol. The largest absolute Gasteiger partial charge is 0.396 e. The van der Waals surface area contributed by atoms with Crippen LogP contribution in [0.3, 0.4) is 0 Å². The van der Waals surface area contributed by atoms with Gasteiger partial charge in [-0.15, -0.1) is 0 Å². The van der Waals surface area contributed by atoms with Crippen LogP contribution < -0.4 is 0 Å². The lowest BCUT2D eigenvalue weighted by Crippen LogP contribution is -2.71. The molecule has 4 aliphatic carbocycles. The first kappa shape index (κ1) is 17.7. The van der Waals surface area contributed by atoms with Crippen molar-refractivity contribution in [1.82, 2.24) is 0 Å². The summed E-state index contributed by atoms with van der Waals surface area (Å²) in [4.78, 5) is 13.2. The third-order valence-corrected chi connectivity index (χ3v) is 8.55. The van der Waals surface area contributed by atoms with Crippen molar-refractivity contribution in [3.63, 3.8) is 0 Å². The van der Waals surface area contributed by atoms with Crippen LogP contribution in [0.4, 0.5) is 0 Å². The zero-order valence-corrected chi connectivity index (χ0v) is 15.1. The predicted octanol–water partition coefficient (Wildman–Crippen LogP) is 1.04. The van der Waals surface area contributed by atoms with Gasteiger partial charge >= 0.3 is 0 Å². The van der Waals surface area contributed by atoms with Crippen LogP contribution in [0, 0.1) is 34.0 Å². The Morgan fingerprint density at radius 2 is 1.76 bits per heavy atom. The molecule has 2 bridgehead atoms. The molecule has 0 amide bonds. The van der Waals surface area contributed by atoms with Gasteiger partial charge in [-0.3, -0.25) is 4.79 Å². The van der Waals surface area contributed by atoms with Crippen molar-refractivity contribution in [1.29, 1.82) is 0 Å². The van der Waals surface area contributed by atoms with E-state index in [4.69, 9.17) is 0 Å². The molecular weight excluding hydrogens is 320 g/mol. The molecule has 0 aromatic heterocycles. The Balaban J connectivity index is 1.94. The lowest BCUT2D eigenvalue weighted by Gasteiger charge is -2.66. The van der Waals surface area contributed by atoms with Crippen LogP contribution in [0.25, 0.3) is 0 Å². The molecular formula is C20H30O5. The van der Waals surface area contributed by atoms with Gasteiger partial charge in [0.2, 0.25) is 0 Å². The molecule has 1 spiro atoms. The van der Waals surface area contributed by atoms with E-state index in [1.807, 2.05) is 0 Å². The molecule has 0 aromatic carbocycles. The fraction of sp³-hybridized carbons (Fsp3) is 0.850. The van der Waals surface area contributed by atoms with E-state index in [1.54, 1.807) is 0 Å². The van der Waals surface area contributed by atoms with Crippen LogP contribution in [0.5, 0.6) is 0 Å². The van der Waals surface area contributed by atoms with E-state index < -0.39 is 35.1 Å². The second-order valence-electron chi connectivity index (χ2n) is 9.59. The number of Topliss-reactive ketones (excluding diaryl/α,β-unsaturated/α-hetero) is 1. The smallest absolute Gasteiger partial charge is 0.170 e. The summed E-state index contributed by atoms with van der Waals surface area (Å²) in [7, 11) is 0. The Bertz CT molecular complexity index is 628. The number of hydrogen-bond acceptors (Lipinski definition) is 5. The second-order valence-corrected chi connectivity index (χ2v) is 9.59. The van der Waals surface area contributed by atoms with E-state index in [-0.39, 0.29) is 29.6 Å². The number of ketones is 1. The highest BCUT2D eigenvalue weighted by molar-refractivity contribution is 6.04. The summed E-state index contributed by atoms with van der Waals surface area (Å²) in [5.74, 6) is -1.07. The average Bonchev–Trinajstić information content (AvgIpc) is 2.68. The minimum Gasteiger partial charge on any atom is -0.396 e. The van der Waals surface area contributed by atoms with Crippen molar-refractivity contribution in [3.8, 4) is 0 Å². The van der Waals surface area contributed by atoms with E-state index in [0.29, 0.717) is 31.3 Å². The van der Waals surface area contributed by atoms with Gasteiger partial charge in [-0.2, -0.15) is 0 Å². The Morgan fingerprint density at radius 1 is 1.08 bits per heavy atom. The number of rotatable bonds is 1. The molecule has 4 aliphatic rings. The van der Waals surface area contributed by atoms with Gasteiger partial charge in [0.05, 0.1) is 30.3 Å². The molecule has 4 rings (SSSR count). The lowest BCUT2D eigenvalue weighted by molar-refractivity contribution is -0.267. The number of carbonyl (C=O) groups excluding carboxylic acids is 1. The maximum Gasteiger partial charge on any atom is 0.170 e. The van der Waals surface area contributed by atoms with Crippen LogP contribution in [0.1, 0.15) is 46.0 Å². The number of aliphatic hydroxyl groups excluding tert-OH is 4. The molecule has 4 saturated carbocycles. The maximum absolute atomic E-state index is 13.2. The first-order valence-electron chi connectivity index (χ1n) is 9.54. The first-order chi connectivity index (χ1) is 11.7. The van der Waals surface area contributed by atoms with Gasteiger partial charge < -0.3 is 20.4 Å². The molecule has 0 aromatic rings. The number of fused-ring (bicyclic) bond motifs is 3. The predicted molar refractivity (Wildman–Crippen MR) is 91.5 cm³/mol. The molecule has 4 fully saturated rings. The third kappa shape index (κ3) is 1.76. The molecule has 25 heavy (non-hydrogen) atoms. The van der Waals surface area contributed by atoms with Gasteiger partial charge in [0.15, 0.2) is 5.78 Å². The molecule has 0 saturated heterocycles. The second kappa shape index (κ2) is 5.16. The van der Waals surface area contributed by atoms with Crippen LogP contribution in [0.2, 0.25) is 0 Å². The van der Waals surface area contributed by atoms with Crippen LogP contribution in [-0.4, -0.2) is 51.1 Å². The summed E-state index contributed by atoms with van der Waals surface area (Å²) < 4.78 is 0. The van der Waals surface area contributed by atoms with Crippen LogP contribution >= 0.6 is 0 Å². The van der Waals surface area contributed by atoms with E-state index >= 15 is 0 Å². The van der Waals surface area contributed by atoms with Crippen molar-refractivity contribution >= 4 is 5.78 Å². The molecule has 4 unspecified atom stereocenters. The monoisotopic (exact) mass is 350 g/mol. The third-order valence-electron chi connectivity index (χ3n) is 8.55. The highest BCUT2D eigenvalue weighted by atomic mass is 16.3. The minimum absolute atomic E-state index is 0.0928. The molecule has 5 nitrogen and oxygen atoms in total. The first-order valence-corrected chi connectivity index (χ1v) is 9.54. The number of carbonyl (C=O) groups is 1. The minimum atomic E-state index is -1.31. The highest BCUT2D eigenvalue weighted by Crippen LogP contribution is 2.70. The summed E-state index contributed by atoms with van der Waals surface area (Å²) >= 11 is 0. The fourth-order valence-corrected chi connectivity index (χ4v) is 7.35. The van der Waals surface area contributed by atoms with Gasteiger partial charge in [0.25, 0.3) is 0 Å². The zero-order valence-electron chi connectivity index (χ0n) is 15.1. The van der Waals surface area contributed by atoms with Crippen LogP contribution in [0.15, 0.2) is 12.2 Å². The summed E-state index contributed by atoms with van der Waals surface area (Å²) in [6.45, 7) is 7.92. The lowest BCUT2D eigenvalue weighted by atomic mass is 9.38. The molecule has 0 radical (unpaired) electrons. The van der Waals surface area contributed by atoms with E-state index in [0.717, 1.165) is 6.42 Å². The standard InChI is InChI=1S/C20H30O5/c1-10-11-4-5-12-19(9-21)13(18(2,3)7-6-14(19)22)8-15(23)20(12,16(10)24)17(11)25/h11-15,17,21-23,25H,1,4-9H2,2-3H3/t11?,12?,13?,14-,15+,17+,19-,20?/m0/s1. The molecule has 5 heteroatoms. The zero-order chi connectivity index (χ0) is 18.4. The quantitative estimate of drug-likeness (QED) is 0.530. The van der Waals surface area contributed by atoms with Gasteiger partial charge in [-0.05, 0) is 54.9 Å². The summed E-state index contributed by atoms with van der Waals surface area (Å²) in [5.41, 5.74) is -1.91. The molecule has 140 valence electrons. The fourth-order valence-electron chi connectivity index (χ4n) is 7.35. The van der Waals surface area contributed by atoms with Crippen molar-refractivity contribution in [3.05, 3.63) is 12.2 Å². The summed E-state index contributed by atoms with van der Waals surface area (Å²) in [6.07, 6.45) is 0.291. The Morgan fingerprint density at radius 3 is 2.40 bits per heavy atom. The van der Waals surface area contributed by atoms with Gasteiger partial charge in [-0.1, -0.05) is 20.4 Å². The van der Waals surface area contributed by atoms with Gasteiger partial charge in [-0.25, -0.2) is 0 Å².